The van der Waals surface area contributed by atoms with Crippen molar-refractivity contribution in [1.82, 2.24) is 9.55 Å². The van der Waals surface area contributed by atoms with Crippen molar-refractivity contribution < 1.29 is 14.3 Å². The van der Waals surface area contributed by atoms with E-state index in [9.17, 15) is 4.79 Å². The first kappa shape index (κ1) is 19.7. The molecule has 2 aromatic carbocycles. The number of aromatic nitrogens is 2. The van der Waals surface area contributed by atoms with E-state index in [-0.39, 0.29) is 11.7 Å². The maximum Gasteiger partial charge on any atom is 0.234 e. The Morgan fingerprint density at radius 1 is 1.21 bits per heavy atom. The van der Waals surface area contributed by atoms with E-state index in [1.165, 1.54) is 11.8 Å². The molecular formula is C21H20ClN3O3S. The quantitative estimate of drug-likeness (QED) is 0.574. The van der Waals surface area contributed by atoms with E-state index in [2.05, 4.69) is 21.8 Å². The van der Waals surface area contributed by atoms with Gasteiger partial charge in [-0.1, -0.05) is 35.5 Å². The van der Waals surface area contributed by atoms with Crippen molar-refractivity contribution in [3.05, 3.63) is 53.7 Å². The molecule has 1 amide bonds. The minimum Gasteiger partial charge on any atom is -0.486 e. The van der Waals surface area contributed by atoms with Crippen molar-refractivity contribution >= 4 is 35.0 Å². The Kier molecular flexibility index (Phi) is 5.97. The first-order valence-corrected chi connectivity index (χ1v) is 10.6. The van der Waals surface area contributed by atoms with Crippen LogP contribution in [0.4, 0.5) is 5.69 Å². The van der Waals surface area contributed by atoms with Crippen LogP contribution in [0.3, 0.4) is 0 Å². The molecule has 8 heteroatoms. The lowest BCUT2D eigenvalue weighted by Gasteiger charge is -2.19. The van der Waals surface area contributed by atoms with Gasteiger partial charge < -0.3 is 19.4 Å². The molecule has 0 fully saturated rings. The summed E-state index contributed by atoms with van der Waals surface area (Å²) in [7, 11) is 0. The number of hydrogen-bond acceptors (Lipinski definition) is 5. The molecular weight excluding hydrogens is 410 g/mol. The normalized spacial score (nSPS) is 12.6. The fraction of sp³-hybridized carbons (Fsp3) is 0.238. The van der Waals surface area contributed by atoms with Gasteiger partial charge in [-0.2, -0.15) is 0 Å². The summed E-state index contributed by atoms with van der Waals surface area (Å²) in [5.74, 6) is 1.61. The lowest BCUT2D eigenvalue weighted by molar-refractivity contribution is -0.113. The van der Waals surface area contributed by atoms with Crippen LogP contribution in [0.15, 0.2) is 53.8 Å². The third-order valence-electron chi connectivity index (χ3n) is 4.45. The van der Waals surface area contributed by atoms with Gasteiger partial charge in [-0.15, -0.1) is 0 Å². The Balaban J connectivity index is 1.48. The van der Waals surface area contributed by atoms with E-state index in [0.29, 0.717) is 23.9 Å². The summed E-state index contributed by atoms with van der Waals surface area (Å²) in [5.41, 5.74) is 2.57. The predicted octanol–water partition coefficient (Wildman–Crippen LogP) is 4.73. The monoisotopic (exact) mass is 429 g/mol. The minimum atomic E-state index is -0.130. The van der Waals surface area contributed by atoms with Gasteiger partial charge in [-0.3, -0.25) is 4.79 Å². The summed E-state index contributed by atoms with van der Waals surface area (Å²) in [6.45, 7) is 3.90. The van der Waals surface area contributed by atoms with Gasteiger partial charge in [-0.05, 0) is 37.3 Å². The highest BCUT2D eigenvalue weighted by atomic mass is 35.5. The van der Waals surface area contributed by atoms with Crippen LogP contribution in [0.5, 0.6) is 11.5 Å². The van der Waals surface area contributed by atoms with Gasteiger partial charge >= 0.3 is 0 Å². The van der Waals surface area contributed by atoms with Gasteiger partial charge in [0.05, 0.1) is 28.4 Å². The van der Waals surface area contributed by atoms with Gasteiger partial charge in [0.15, 0.2) is 16.7 Å². The van der Waals surface area contributed by atoms with Crippen LogP contribution in [0, 0.1) is 0 Å². The number of amides is 1. The molecule has 0 spiro atoms. The Morgan fingerprint density at radius 3 is 2.79 bits per heavy atom. The van der Waals surface area contributed by atoms with E-state index in [0.717, 1.165) is 34.5 Å². The molecule has 4 rings (SSSR count). The highest BCUT2D eigenvalue weighted by molar-refractivity contribution is 7.99. The molecule has 150 valence electrons. The molecule has 2 heterocycles. The Bertz CT molecular complexity index is 1040. The zero-order valence-corrected chi connectivity index (χ0v) is 17.4. The molecule has 1 N–H and O–H groups in total. The van der Waals surface area contributed by atoms with Crippen molar-refractivity contribution in [2.24, 2.45) is 0 Å². The van der Waals surface area contributed by atoms with Crippen molar-refractivity contribution in [2.75, 3.05) is 24.3 Å². The molecule has 3 aromatic rings. The van der Waals surface area contributed by atoms with Crippen LogP contribution in [0.2, 0.25) is 5.02 Å². The van der Waals surface area contributed by atoms with Crippen LogP contribution in [0.25, 0.3) is 11.3 Å². The van der Waals surface area contributed by atoms with Crippen molar-refractivity contribution in [3.63, 3.8) is 0 Å². The second kappa shape index (κ2) is 8.80. The van der Waals surface area contributed by atoms with E-state index in [1.807, 2.05) is 36.5 Å². The van der Waals surface area contributed by atoms with Crippen molar-refractivity contribution in [3.8, 4) is 22.8 Å². The van der Waals surface area contributed by atoms with Crippen LogP contribution < -0.4 is 14.8 Å². The molecule has 0 radical (unpaired) electrons. The molecule has 1 aliphatic rings. The molecule has 0 aliphatic carbocycles. The maximum atomic E-state index is 12.3. The van der Waals surface area contributed by atoms with Gasteiger partial charge in [0.2, 0.25) is 5.91 Å². The third-order valence-corrected chi connectivity index (χ3v) is 5.77. The largest absolute Gasteiger partial charge is 0.486 e. The summed E-state index contributed by atoms with van der Waals surface area (Å²) in [5, 5.41) is 4.13. The average molecular weight is 430 g/mol. The highest BCUT2D eigenvalue weighted by Crippen LogP contribution is 2.35. The topological polar surface area (TPSA) is 65.4 Å². The zero-order chi connectivity index (χ0) is 20.2. The molecule has 6 nitrogen and oxygen atoms in total. The molecule has 0 saturated carbocycles. The molecule has 29 heavy (non-hydrogen) atoms. The van der Waals surface area contributed by atoms with Gasteiger partial charge in [0, 0.05) is 12.1 Å². The summed E-state index contributed by atoms with van der Waals surface area (Å²) in [6, 6.07) is 13.1. The number of carbonyl (C=O) groups excluding carboxylic acids is 1. The number of imidazole rings is 1. The smallest absolute Gasteiger partial charge is 0.234 e. The zero-order valence-electron chi connectivity index (χ0n) is 15.9. The van der Waals surface area contributed by atoms with Crippen molar-refractivity contribution in [1.29, 1.82) is 0 Å². The van der Waals surface area contributed by atoms with Crippen LogP contribution >= 0.6 is 23.4 Å². The summed E-state index contributed by atoms with van der Waals surface area (Å²) in [6.07, 6.45) is 1.82. The second-order valence-corrected chi connectivity index (χ2v) is 7.70. The lowest BCUT2D eigenvalue weighted by atomic mass is 10.1. The minimum absolute atomic E-state index is 0.130. The number of anilines is 1. The van der Waals surface area contributed by atoms with Crippen LogP contribution in [-0.2, 0) is 11.3 Å². The molecule has 1 aliphatic heterocycles. The lowest BCUT2D eigenvalue weighted by Crippen LogP contribution is -2.15. The number of benzene rings is 2. The number of nitrogens with zero attached hydrogens (tertiary/aromatic N) is 2. The fourth-order valence-electron chi connectivity index (χ4n) is 3.09. The molecule has 1 aromatic heterocycles. The van der Waals surface area contributed by atoms with E-state index >= 15 is 0 Å². The number of para-hydroxylation sites is 1. The number of rotatable bonds is 6. The Hall–Kier alpha value is -2.64. The number of nitrogens with one attached hydrogen (secondary N) is 1. The van der Waals surface area contributed by atoms with Crippen molar-refractivity contribution in [2.45, 2.75) is 18.6 Å². The Morgan fingerprint density at radius 2 is 2.00 bits per heavy atom. The average Bonchev–Trinajstić information content (AvgIpc) is 3.16. The predicted molar refractivity (Wildman–Crippen MR) is 115 cm³/mol. The van der Waals surface area contributed by atoms with Gasteiger partial charge in [0.1, 0.15) is 13.2 Å². The van der Waals surface area contributed by atoms with E-state index < -0.39 is 0 Å². The van der Waals surface area contributed by atoms with Crippen LogP contribution in [0.1, 0.15) is 6.92 Å². The number of carbonyl (C=O) groups is 1. The van der Waals surface area contributed by atoms with E-state index in [1.54, 1.807) is 12.1 Å². The highest BCUT2D eigenvalue weighted by Gasteiger charge is 2.17. The number of ether oxygens (including phenoxy) is 2. The Labute approximate surface area is 178 Å². The van der Waals surface area contributed by atoms with E-state index in [4.69, 9.17) is 21.1 Å². The third kappa shape index (κ3) is 4.36. The summed E-state index contributed by atoms with van der Waals surface area (Å²) in [4.78, 5) is 16.8. The molecule has 0 unspecified atom stereocenters. The number of thioether (sulfide) groups is 1. The first-order valence-electron chi connectivity index (χ1n) is 9.28. The number of hydrogen-bond donors (Lipinski definition) is 1. The second-order valence-electron chi connectivity index (χ2n) is 6.35. The van der Waals surface area contributed by atoms with Gasteiger partial charge in [-0.25, -0.2) is 4.98 Å². The SMILES string of the molecule is CCn1c(-c2ccc3c(c2)OCCO3)cnc1SCC(=O)Nc1ccccc1Cl. The fourth-order valence-corrected chi connectivity index (χ4v) is 4.12. The molecule has 0 bridgehead atoms. The molecule has 0 atom stereocenters. The maximum absolute atomic E-state index is 12.3. The van der Waals surface area contributed by atoms with Crippen LogP contribution in [-0.4, -0.2) is 34.4 Å². The summed E-state index contributed by atoms with van der Waals surface area (Å²) < 4.78 is 13.4. The molecule has 0 saturated heterocycles. The number of fused-ring (bicyclic) bond motifs is 1. The van der Waals surface area contributed by atoms with Gasteiger partial charge in [0.25, 0.3) is 0 Å². The first-order chi connectivity index (χ1) is 14.2. The standard InChI is InChI=1S/C21H20ClN3O3S/c1-2-25-17(14-7-8-18-19(11-14)28-10-9-27-18)12-23-21(25)29-13-20(26)24-16-6-4-3-5-15(16)22/h3-8,11-12H,2,9-10,13H2,1H3,(H,24,26). The number of halogens is 1. The summed E-state index contributed by atoms with van der Waals surface area (Å²) >= 11 is 7.49.